The summed E-state index contributed by atoms with van der Waals surface area (Å²) in [5.41, 5.74) is 4.25. The number of esters is 1. The van der Waals surface area contributed by atoms with Gasteiger partial charge in [0.05, 0.1) is 18.2 Å². The van der Waals surface area contributed by atoms with Gasteiger partial charge < -0.3 is 20.3 Å². The molecule has 33 heavy (non-hydrogen) atoms. The number of hydrogen-bond acceptors (Lipinski definition) is 5. The molecule has 2 aromatic carbocycles. The van der Waals surface area contributed by atoms with E-state index in [2.05, 4.69) is 51.6 Å². The summed E-state index contributed by atoms with van der Waals surface area (Å²) in [7, 11) is 0. The van der Waals surface area contributed by atoms with Crippen molar-refractivity contribution in [2.75, 3.05) is 44.2 Å². The van der Waals surface area contributed by atoms with E-state index in [-0.39, 0.29) is 12.6 Å². The van der Waals surface area contributed by atoms with Crippen LogP contribution in [0.4, 0.5) is 10.5 Å². The Bertz CT molecular complexity index is 1030. The lowest BCUT2D eigenvalue weighted by Crippen LogP contribution is -2.51. The molecule has 2 aliphatic rings. The van der Waals surface area contributed by atoms with Crippen LogP contribution in [0.2, 0.25) is 5.02 Å². The topological polar surface area (TPSA) is 73.9 Å². The van der Waals surface area contributed by atoms with Gasteiger partial charge in [-0.05, 0) is 43.7 Å². The third-order valence-electron chi connectivity index (χ3n) is 6.01. The summed E-state index contributed by atoms with van der Waals surface area (Å²) in [5.74, 6) is -0.432. The quantitative estimate of drug-likeness (QED) is 0.633. The highest BCUT2D eigenvalue weighted by molar-refractivity contribution is 6.30. The smallest absolute Gasteiger partial charge is 0.338 e. The van der Waals surface area contributed by atoms with Crippen molar-refractivity contribution in [1.82, 2.24) is 15.5 Å². The normalized spacial score (nSPS) is 19.2. The second kappa shape index (κ2) is 10.3. The number of aryl methyl sites for hydroxylation is 1. The number of nitrogens with one attached hydrogen (secondary N) is 2. The highest BCUT2D eigenvalue weighted by Crippen LogP contribution is 2.29. The summed E-state index contributed by atoms with van der Waals surface area (Å²) in [6.07, 6.45) is 0. The van der Waals surface area contributed by atoms with Gasteiger partial charge in [0.1, 0.15) is 0 Å². The molecule has 8 heteroatoms. The van der Waals surface area contributed by atoms with E-state index in [9.17, 15) is 9.59 Å². The van der Waals surface area contributed by atoms with Crippen LogP contribution < -0.4 is 15.5 Å². The zero-order valence-electron chi connectivity index (χ0n) is 18.9. The predicted molar refractivity (Wildman–Crippen MR) is 129 cm³/mol. The summed E-state index contributed by atoms with van der Waals surface area (Å²) in [6.45, 7) is 7.97. The number of urea groups is 1. The van der Waals surface area contributed by atoms with E-state index < -0.39 is 12.0 Å². The Morgan fingerprint density at radius 2 is 1.73 bits per heavy atom. The molecular formula is C25H29ClN4O3. The zero-order valence-corrected chi connectivity index (χ0v) is 19.7. The van der Waals surface area contributed by atoms with Crippen molar-refractivity contribution in [1.29, 1.82) is 0 Å². The van der Waals surface area contributed by atoms with Crippen LogP contribution >= 0.6 is 11.6 Å². The van der Waals surface area contributed by atoms with Crippen molar-refractivity contribution in [2.24, 2.45) is 0 Å². The van der Waals surface area contributed by atoms with Gasteiger partial charge in [-0.15, -0.1) is 0 Å². The van der Waals surface area contributed by atoms with Crippen molar-refractivity contribution in [3.05, 3.63) is 76.0 Å². The van der Waals surface area contributed by atoms with Crippen LogP contribution in [0.15, 0.2) is 59.8 Å². The molecular weight excluding hydrogens is 440 g/mol. The molecule has 0 spiro atoms. The van der Waals surface area contributed by atoms with Crippen LogP contribution in [0.3, 0.4) is 0 Å². The van der Waals surface area contributed by atoms with E-state index in [0.717, 1.165) is 31.7 Å². The second-order valence-electron chi connectivity index (χ2n) is 8.29. The Labute approximate surface area is 199 Å². The lowest BCUT2D eigenvalue weighted by molar-refractivity contribution is -0.139. The molecule has 1 fully saturated rings. The van der Waals surface area contributed by atoms with E-state index in [1.807, 2.05) is 12.1 Å². The van der Waals surface area contributed by atoms with Crippen LogP contribution in [-0.4, -0.2) is 56.2 Å². The highest BCUT2D eigenvalue weighted by atomic mass is 35.5. The molecule has 174 valence electrons. The van der Waals surface area contributed by atoms with Gasteiger partial charge in [0.2, 0.25) is 0 Å². The first-order valence-corrected chi connectivity index (χ1v) is 11.6. The zero-order chi connectivity index (χ0) is 23.4. The second-order valence-corrected chi connectivity index (χ2v) is 8.73. The van der Waals surface area contributed by atoms with Gasteiger partial charge in [0.25, 0.3) is 0 Å². The number of hydrogen-bond donors (Lipinski definition) is 2. The van der Waals surface area contributed by atoms with Crippen LogP contribution in [0.5, 0.6) is 0 Å². The van der Waals surface area contributed by atoms with Crippen LogP contribution in [-0.2, 0) is 9.53 Å². The maximum atomic E-state index is 12.9. The first-order chi connectivity index (χ1) is 15.9. The molecule has 2 amide bonds. The molecule has 0 aliphatic carbocycles. The number of carbonyl (C=O) groups excluding carboxylic acids is 2. The predicted octanol–water partition coefficient (Wildman–Crippen LogP) is 3.64. The van der Waals surface area contributed by atoms with Gasteiger partial charge in [-0.2, -0.15) is 0 Å². The molecule has 1 saturated heterocycles. The first kappa shape index (κ1) is 23.1. The largest absolute Gasteiger partial charge is 0.463 e. The molecule has 7 nitrogen and oxygen atoms in total. The Balaban J connectivity index is 1.54. The molecule has 0 saturated carbocycles. The lowest BCUT2D eigenvalue weighted by Gasteiger charge is -2.38. The number of anilines is 1. The number of amides is 2. The van der Waals surface area contributed by atoms with E-state index in [1.165, 1.54) is 11.3 Å². The molecule has 1 atom stereocenters. The summed E-state index contributed by atoms with van der Waals surface area (Å²) in [5, 5.41) is 6.31. The maximum Gasteiger partial charge on any atom is 0.338 e. The molecule has 0 bridgehead atoms. The minimum absolute atomic E-state index is 0.256. The van der Waals surface area contributed by atoms with Crippen molar-refractivity contribution < 1.29 is 14.3 Å². The molecule has 2 heterocycles. The molecule has 2 N–H and O–H groups in total. The average molecular weight is 469 g/mol. The minimum Gasteiger partial charge on any atom is -0.463 e. The number of ether oxygens (including phenoxy) is 1. The first-order valence-electron chi connectivity index (χ1n) is 11.2. The van der Waals surface area contributed by atoms with Gasteiger partial charge >= 0.3 is 12.0 Å². The SMILES string of the molecule is CCOC(=O)C1=C(CN2CCN(c3ccc(C)cc3)CC2)NC(=O)N[C@H]1c1ccc(Cl)cc1. The van der Waals surface area contributed by atoms with E-state index in [1.54, 1.807) is 19.1 Å². The number of halogens is 1. The molecule has 2 aliphatic heterocycles. The van der Waals surface area contributed by atoms with Crippen LogP contribution in [0, 0.1) is 6.92 Å². The van der Waals surface area contributed by atoms with E-state index in [4.69, 9.17) is 16.3 Å². The summed E-state index contributed by atoms with van der Waals surface area (Å²) >= 11 is 6.04. The molecule has 0 radical (unpaired) electrons. The molecule has 4 rings (SSSR count). The number of benzene rings is 2. The van der Waals surface area contributed by atoms with Gasteiger partial charge in [-0.25, -0.2) is 9.59 Å². The van der Waals surface area contributed by atoms with Crippen molar-refractivity contribution in [3.63, 3.8) is 0 Å². The molecule has 2 aromatic rings. The van der Waals surface area contributed by atoms with Crippen LogP contribution in [0.1, 0.15) is 24.1 Å². The monoisotopic (exact) mass is 468 g/mol. The Hall–Kier alpha value is -3.03. The number of nitrogens with zero attached hydrogens (tertiary/aromatic N) is 2. The fourth-order valence-corrected chi connectivity index (χ4v) is 4.37. The fraction of sp³-hybridized carbons (Fsp3) is 0.360. The highest BCUT2D eigenvalue weighted by Gasteiger charge is 2.34. The molecule has 0 unspecified atom stereocenters. The van der Waals surface area contributed by atoms with Crippen molar-refractivity contribution in [3.8, 4) is 0 Å². The minimum atomic E-state index is -0.598. The van der Waals surface area contributed by atoms with Crippen LogP contribution in [0.25, 0.3) is 0 Å². The fourth-order valence-electron chi connectivity index (χ4n) is 4.24. The summed E-state index contributed by atoms with van der Waals surface area (Å²) in [4.78, 5) is 30.1. The third-order valence-corrected chi connectivity index (χ3v) is 6.26. The Kier molecular flexibility index (Phi) is 7.20. The van der Waals surface area contributed by atoms with Crippen molar-refractivity contribution >= 4 is 29.3 Å². The van der Waals surface area contributed by atoms with E-state index in [0.29, 0.717) is 22.8 Å². The maximum absolute atomic E-state index is 12.9. The Morgan fingerprint density at radius 3 is 2.36 bits per heavy atom. The standard InChI is InChI=1S/C25H29ClN4O3/c1-3-33-24(31)22-21(27-25(32)28-23(22)18-6-8-19(26)9-7-18)16-29-12-14-30(15-13-29)20-10-4-17(2)5-11-20/h4-11,23H,3,12-16H2,1-2H3,(H2,27,28,32)/t23-/m0/s1. The van der Waals surface area contributed by atoms with Gasteiger partial charge in [0, 0.05) is 49.1 Å². The number of carbonyl (C=O) groups is 2. The molecule has 0 aromatic heterocycles. The van der Waals surface area contributed by atoms with E-state index >= 15 is 0 Å². The lowest BCUT2D eigenvalue weighted by atomic mass is 9.95. The van der Waals surface area contributed by atoms with Crippen molar-refractivity contribution in [2.45, 2.75) is 19.9 Å². The summed E-state index contributed by atoms with van der Waals surface area (Å²) in [6, 6.07) is 14.7. The average Bonchev–Trinajstić information content (AvgIpc) is 2.80. The number of piperazine rings is 1. The Morgan fingerprint density at radius 1 is 1.06 bits per heavy atom. The summed E-state index contributed by atoms with van der Waals surface area (Å²) < 4.78 is 5.36. The third kappa shape index (κ3) is 5.49. The van der Waals surface area contributed by atoms with Gasteiger partial charge in [0.15, 0.2) is 0 Å². The van der Waals surface area contributed by atoms with Gasteiger partial charge in [-0.3, -0.25) is 4.90 Å². The number of rotatable bonds is 6. The van der Waals surface area contributed by atoms with Gasteiger partial charge in [-0.1, -0.05) is 41.4 Å².